The van der Waals surface area contributed by atoms with Crippen LogP contribution in [0.1, 0.15) is 85.8 Å². The van der Waals surface area contributed by atoms with E-state index in [-0.39, 0.29) is 28.3 Å². The summed E-state index contributed by atoms with van der Waals surface area (Å²) < 4.78 is 29.9. The molecule has 5 aliphatic carbocycles. The maximum atomic E-state index is 13.4. The molecular weight excluding hydrogens is 456 g/mol. The van der Waals surface area contributed by atoms with Crippen LogP contribution in [-0.4, -0.2) is 20.4 Å². The zero-order valence-corrected chi connectivity index (χ0v) is 21.3. The van der Waals surface area contributed by atoms with Crippen LogP contribution in [0, 0.1) is 23.2 Å². The van der Waals surface area contributed by atoms with Crippen LogP contribution in [-0.2, 0) is 16.4 Å². The van der Waals surface area contributed by atoms with Crippen molar-refractivity contribution in [3.8, 4) is 0 Å². The molecule has 0 aliphatic heterocycles. The molecule has 1 amide bonds. The third-order valence-electron chi connectivity index (χ3n) is 9.42. The average molecular weight is 493 g/mol. The van der Waals surface area contributed by atoms with Crippen LogP contribution in [0.5, 0.6) is 0 Å². The van der Waals surface area contributed by atoms with Crippen LogP contribution >= 0.6 is 0 Å². The van der Waals surface area contributed by atoms with Crippen LogP contribution < -0.4 is 10.0 Å². The Labute approximate surface area is 209 Å². The molecule has 2 unspecified atom stereocenters. The summed E-state index contributed by atoms with van der Waals surface area (Å²) in [6.07, 6.45) is 10.4. The number of carbonyl (C=O) groups is 1. The molecule has 2 N–H and O–H groups in total. The highest BCUT2D eigenvalue weighted by molar-refractivity contribution is 7.89. The molecule has 0 spiro atoms. The maximum Gasteiger partial charge on any atom is 0.251 e. The number of sulfonamides is 1. The second-order valence-electron chi connectivity index (χ2n) is 11.8. The van der Waals surface area contributed by atoms with E-state index in [0.29, 0.717) is 5.56 Å². The summed E-state index contributed by atoms with van der Waals surface area (Å²) in [5, 5.41) is 3.15. The molecule has 6 heteroatoms. The zero-order chi connectivity index (χ0) is 24.2. The topological polar surface area (TPSA) is 75.3 Å². The van der Waals surface area contributed by atoms with E-state index in [1.807, 2.05) is 12.1 Å². The van der Waals surface area contributed by atoms with Crippen molar-refractivity contribution in [3.05, 3.63) is 65.2 Å². The van der Waals surface area contributed by atoms with Crippen molar-refractivity contribution in [1.29, 1.82) is 0 Å². The minimum atomic E-state index is -3.72. The summed E-state index contributed by atoms with van der Waals surface area (Å²) in [4.78, 5) is 13.3. The van der Waals surface area contributed by atoms with Crippen molar-refractivity contribution >= 4 is 15.9 Å². The Morgan fingerprint density at radius 1 is 0.971 bits per heavy atom. The zero-order valence-electron chi connectivity index (χ0n) is 20.5. The van der Waals surface area contributed by atoms with Crippen molar-refractivity contribution < 1.29 is 13.2 Å². The lowest BCUT2D eigenvalue weighted by atomic mass is 9.48. The molecule has 35 heavy (non-hydrogen) atoms. The number of hydrogen-bond acceptors (Lipinski definition) is 3. The van der Waals surface area contributed by atoms with Gasteiger partial charge in [-0.3, -0.25) is 4.79 Å². The quantitative estimate of drug-likeness (QED) is 0.569. The Morgan fingerprint density at radius 2 is 1.66 bits per heavy atom. The Morgan fingerprint density at radius 3 is 2.37 bits per heavy atom. The van der Waals surface area contributed by atoms with E-state index in [9.17, 15) is 13.2 Å². The van der Waals surface area contributed by atoms with E-state index in [4.69, 9.17) is 0 Å². The summed E-state index contributed by atoms with van der Waals surface area (Å²) >= 11 is 0. The first kappa shape index (κ1) is 23.2. The van der Waals surface area contributed by atoms with Crippen molar-refractivity contribution in [2.24, 2.45) is 23.2 Å². The van der Waals surface area contributed by atoms with Gasteiger partial charge in [0.1, 0.15) is 0 Å². The lowest BCUT2D eigenvalue weighted by molar-refractivity contribution is -0.0666. The van der Waals surface area contributed by atoms with Crippen molar-refractivity contribution in [2.75, 3.05) is 0 Å². The van der Waals surface area contributed by atoms with Crippen LogP contribution in [0.25, 0.3) is 0 Å². The Balaban J connectivity index is 1.18. The lowest BCUT2D eigenvalue weighted by Crippen LogP contribution is -2.55. The number of fused-ring (bicyclic) bond motifs is 1. The first-order valence-corrected chi connectivity index (χ1v) is 14.8. The van der Waals surface area contributed by atoms with E-state index < -0.39 is 10.0 Å². The molecule has 4 bridgehead atoms. The fourth-order valence-corrected chi connectivity index (χ4v) is 9.48. The van der Waals surface area contributed by atoms with Gasteiger partial charge in [0.05, 0.1) is 10.9 Å². The van der Waals surface area contributed by atoms with Gasteiger partial charge in [-0.1, -0.05) is 30.3 Å². The Bertz CT molecular complexity index is 1200. The first-order chi connectivity index (χ1) is 16.8. The highest BCUT2D eigenvalue weighted by Gasteiger charge is 2.53. The fraction of sp³-hybridized carbons (Fsp3) is 0.552. The van der Waals surface area contributed by atoms with Gasteiger partial charge >= 0.3 is 0 Å². The minimum absolute atomic E-state index is 0.0399. The first-order valence-electron chi connectivity index (χ1n) is 13.3. The monoisotopic (exact) mass is 492 g/mol. The predicted octanol–water partition coefficient (Wildman–Crippen LogP) is 5.38. The van der Waals surface area contributed by atoms with Gasteiger partial charge in [-0.15, -0.1) is 0 Å². The van der Waals surface area contributed by atoms with Gasteiger partial charge in [0.2, 0.25) is 10.0 Å². The molecular formula is C29H36N2O3S. The maximum absolute atomic E-state index is 13.4. The number of benzene rings is 2. The molecule has 7 rings (SSSR count). The standard InChI is InChI=1S/C29H36N2O3S/c1-19(29-16-20-12-21(17-29)14-22(13-20)18-29)31-35(33,34)25-9-4-8-24(15-25)28(32)30-27-11-5-7-23-6-2-3-10-26(23)27/h2-4,6,8-10,15,19-22,27,31H,5,7,11-14,16-18H2,1H3,(H,30,32). The van der Waals surface area contributed by atoms with Crippen LogP contribution in [0.2, 0.25) is 0 Å². The van der Waals surface area contributed by atoms with E-state index in [1.165, 1.54) is 36.5 Å². The van der Waals surface area contributed by atoms with Gasteiger partial charge in [0.15, 0.2) is 0 Å². The molecule has 0 radical (unpaired) electrons. The molecule has 4 saturated carbocycles. The average Bonchev–Trinajstić information content (AvgIpc) is 2.83. The molecule has 2 atom stereocenters. The van der Waals surface area contributed by atoms with Gasteiger partial charge in [-0.25, -0.2) is 13.1 Å². The SMILES string of the molecule is CC(NS(=O)(=O)c1cccc(C(=O)NC2CCCc3ccccc32)c1)C12CC3CC(CC(C3)C1)C2. The van der Waals surface area contributed by atoms with Gasteiger partial charge < -0.3 is 5.32 Å². The smallest absolute Gasteiger partial charge is 0.251 e. The highest BCUT2D eigenvalue weighted by Crippen LogP contribution is 2.61. The molecule has 0 heterocycles. The van der Waals surface area contributed by atoms with Crippen LogP contribution in [0.15, 0.2) is 53.4 Å². The summed E-state index contributed by atoms with van der Waals surface area (Å²) in [7, 11) is -3.72. The van der Waals surface area contributed by atoms with Gasteiger partial charge in [-0.05, 0) is 117 Å². The second-order valence-corrected chi connectivity index (χ2v) is 13.5. The van der Waals surface area contributed by atoms with Crippen molar-refractivity contribution in [1.82, 2.24) is 10.0 Å². The van der Waals surface area contributed by atoms with Crippen LogP contribution in [0.4, 0.5) is 0 Å². The highest BCUT2D eigenvalue weighted by atomic mass is 32.2. The Kier molecular flexibility index (Phi) is 5.80. The largest absolute Gasteiger partial charge is 0.345 e. The van der Waals surface area contributed by atoms with Crippen LogP contribution in [0.3, 0.4) is 0 Å². The summed E-state index contributed by atoms with van der Waals surface area (Å²) in [6.45, 7) is 2.06. The van der Waals surface area contributed by atoms with E-state index in [2.05, 4.69) is 29.1 Å². The lowest BCUT2D eigenvalue weighted by Gasteiger charge is -2.59. The van der Waals surface area contributed by atoms with E-state index in [0.717, 1.165) is 56.3 Å². The molecule has 2 aromatic rings. The number of carbonyl (C=O) groups excluding carboxylic acids is 1. The van der Waals surface area contributed by atoms with E-state index in [1.54, 1.807) is 18.2 Å². The number of rotatable bonds is 6. The van der Waals surface area contributed by atoms with Gasteiger partial charge in [-0.2, -0.15) is 0 Å². The molecule has 4 fully saturated rings. The summed E-state index contributed by atoms with van der Waals surface area (Å²) in [5.41, 5.74) is 2.93. The molecule has 186 valence electrons. The number of nitrogens with one attached hydrogen (secondary N) is 2. The van der Waals surface area contributed by atoms with Crippen molar-refractivity contribution in [3.63, 3.8) is 0 Å². The normalized spacial score (nSPS) is 32.1. The number of hydrogen-bond donors (Lipinski definition) is 2. The number of aryl methyl sites for hydroxylation is 1. The summed E-state index contributed by atoms with van der Waals surface area (Å²) in [5.74, 6) is 2.08. The van der Waals surface area contributed by atoms with E-state index >= 15 is 0 Å². The third kappa shape index (κ3) is 4.33. The molecule has 2 aromatic carbocycles. The third-order valence-corrected chi connectivity index (χ3v) is 11.0. The minimum Gasteiger partial charge on any atom is -0.345 e. The second kappa shape index (κ2) is 8.74. The number of amides is 1. The fourth-order valence-electron chi connectivity index (χ4n) is 8.08. The molecule has 0 aromatic heterocycles. The molecule has 0 saturated heterocycles. The van der Waals surface area contributed by atoms with Gasteiger partial charge in [0.25, 0.3) is 5.91 Å². The van der Waals surface area contributed by atoms with Gasteiger partial charge in [0, 0.05) is 11.6 Å². The van der Waals surface area contributed by atoms with Crippen molar-refractivity contribution in [2.45, 2.75) is 81.7 Å². The Hall–Kier alpha value is -2.18. The molecule has 5 nitrogen and oxygen atoms in total. The summed E-state index contributed by atoms with van der Waals surface area (Å²) in [6, 6.07) is 14.6. The predicted molar refractivity (Wildman–Crippen MR) is 136 cm³/mol. The molecule has 5 aliphatic rings.